The van der Waals surface area contributed by atoms with Gasteiger partial charge in [-0.3, -0.25) is 0 Å². The standard InChI is InChI=1S/C25H20N3/c1-15-8-6-12-20-23(15)26-14-27(3)25(20)22-16(2)28-21-13-5-4-9-17(21)18-10-7-11-19(22)24(18)28/h4-14H,1-3H3/q+1. The molecule has 0 fully saturated rings. The van der Waals surface area contributed by atoms with Crippen molar-refractivity contribution in [2.24, 2.45) is 7.05 Å². The lowest BCUT2D eigenvalue weighted by atomic mass is 10.00. The van der Waals surface area contributed by atoms with Crippen LogP contribution in [0.3, 0.4) is 0 Å². The van der Waals surface area contributed by atoms with Gasteiger partial charge in [0.25, 0.3) is 6.33 Å². The number of benzene rings is 3. The lowest BCUT2D eigenvalue weighted by Gasteiger charge is -2.08. The molecule has 0 unspecified atom stereocenters. The van der Waals surface area contributed by atoms with Gasteiger partial charge >= 0.3 is 0 Å². The highest BCUT2D eigenvalue weighted by molar-refractivity contribution is 6.19. The second-order valence-electron chi connectivity index (χ2n) is 7.69. The lowest BCUT2D eigenvalue weighted by Crippen LogP contribution is -2.31. The summed E-state index contributed by atoms with van der Waals surface area (Å²) in [5, 5.41) is 5.14. The van der Waals surface area contributed by atoms with Crippen LogP contribution in [0, 0.1) is 13.8 Å². The van der Waals surface area contributed by atoms with Crippen molar-refractivity contribution in [3.8, 4) is 11.3 Å². The third-order valence-electron chi connectivity index (χ3n) is 6.10. The Labute approximate surface area is 162 Å². The minimum atomic E-state index is 1.07. The molecule has 0 saturated heterocycles. The van der Waals surface area contributed by atoms with Gasteiger partial charge < -0.3 is 4.40 Å². The highest BCUT2D eigenvalue weighted by Gasteiger charge is 2.25. The van der Waals surface area contributed by atoms with Gasteiger partial charge in [-0.2, -0.15) is 0 Å². The molecule has 0 amide bonds. The van der Waals surface area contributed by atoms with E-state index in [2.05, 4.69) is 90.5 Å². The zero-order valence-electron chi connectivity index (χ0n) is 16.2. The molecule has 3 aromatic carbocycles. The maximum Gasteiger partial charge on any atom is 0.287 e. The van der Waals surface area contributed by atoms with Crippen LogP contribution in [-0.4, -0.2) is 9.38 Å². The molecule has 3 aromatic heterocycles. The summed E-state index contributed by atoms with van der Waals surface area (Å²) in [6.07, 6.45) is 1.94. The maximum absolute atomic E-state index is 4.71. The van der Waals surface area contributed by atoms with Crippen LogP contribution in [0.25, 0.3) is 49.4 Å². The van der Waals surface area contributed by atoms with Crippen LogP contribution in [-0.2, 0) is 7.05 Å². The van der Waals surface area contributed by atoms with Gasteiger partial charge in [0.05, 0.1) is 29.0 Å². The first-order valence-corrected chi connectivity index (χ1v) is 9.65. The van der Waals surface area contributed by atoms with Gasteiger partial charge in [-0.1, -0.05) is 48.5 Å². The SMILES string of the molecule is Cc1cccc2c(-c3c(C)n4c5ccccc5c5cccc3c54)[n+](C)cnc12. The molecule has 3 heterocycles. The van der Waals surface area contributed by atoms with Crippen molar-refractivity contribution in [3.05, 3.63) is 78.2 Å². The van der Waals surface area contributed by atoms with Gasteiger partial charge in [-0.15, -0.1) is 0 Å². The number of fused-ring (bicyclic) bond motifs is 4. The van der Waals surface area contributed by atoms with E-state index in [1.54, 1.807) is 0 Å². The number of para-hydroxylation sites is 3. The van der Waals surface area contributed by atoms with Gasteiger partial charge in [0.2, 0.25) is 0 Å². The predicted molar refractivity (Wildman–Crippen MR) is 115 cm³/mol. The van der Waals surface area contributed by atoms with E-state index in [0.29, 0.717) is 0 Å². The lowest BCUT2D eigenvalue weighted by molar-refractivity contribution is -0.662. The van der Waals surface area contributed by atoms with Crippen molar-refractivity contribution in [1.82, 2.24) is 9.38 Å². The van der Waals surface area contributed by atoms with E-state index in [0.717, 1.165) is 5.52 Å². The van der Waals surface area contributed by atoms with Crippen LogP contribution in [0.15, 0.2) is 67.0 Å². The summed E-state index contributed by atoms with van der Waals surface area (Å²) in [4.78, 5) is 4.71. The van der Waals surface area contributed by atoms with Crippen LogP contribution >= 0.6 is 0 Å². The van der Waals surface area contributed by atoms with Gasteiger partial charge in [-0.05, 0) is 31.0 Å². The Bertz CT molecular complexity index is 1540. The maximum atomic E-state index is 4.71. The molecule has 0 radical (unpaired) electrons. The third-order valence-corrected chi connectivity index (χ3v) is 6.10. The van der Waals surface area contributed by atoms with Crippen molar-refractivity contribution < 1.29 is 4.57 Å². The second kappa shape index (κ2) is 5.29. The van der Waals surface area contributed by atoms with E-state index in [1.807, 2.05) is 6.33 Å². The highest BCUT2D eigenvalue weighted by atomic mass is 15.0. The van der Waals surface area contributed by atoms with Crippen LogP contribution < -0.4 is 4.57 Å². The van der Waals surface area contributed by atoms with Crippen molar-refractivity contribution in [2.75, 3.05) is 0 Å². The average molecular weight is 362 g/mol. The van der Waals surface area contributed by atoms with E-state index < -0.39 is 0 Å². The molecule has 3 nitrogen and oxygen atoms in total. The molecule has 6 rings (SSSR count). The molecular formula is C25H20N3+. The molecule has 6 aromatic rings. The Morgan fingerprint density at radius 1 is 0.786 bits per heavy atom. The molecule has 3 heteroatoms. The summed E-state index contributed by atoms with van der Waals surface area (Å²) < 4.78 is 4.59. The zero-order chi connectivity index (χ0) is 19.0. The zero-order valence-corrected chi connectivity index (χ0v) is 16.2. The highest BCUT2D eigenvalue weighted by Crippen LogP contribution is 2.42. The smallest absolute Gasteiger partial charge is 0.287 e. The van der Waals surface area contributed by atoms with Crippen molar-refractivity contribution >= 4 is 38.1 Å². The molecule has 0 saturated carbocycles. The van der Waals surface area contributed by atoms with Crippen LogP contribution in [0.4, 0.5) is 0 Å². The number of aromatic nitrogens is 3. The molecule has 0 bridgehead atoms. The Kier molecular flexibility index (Phi) is 2.95. The Balaban J connectivity index is 1.88. The summed E-state index contributed by atoms with van der Waals surface area (Å²) in [5.41, 5.74) is 8.67. The summed E-state index contributed by atoms with van der Waals surface area (Å²) in [5.74, 6) is 0. The van der Waals surface area contributed by atoms with Gasteiger partial charge in [0, 0.05) is 27.4 Å². The number of rotatable bonds is 1. The first kappa shape index (κ1) is 15.6. The Morgan fingerprint density at radius 3 is 2.39 bits per heavy atom. The van der Waals surface area contributed by atoms with Crippen molar-refractivity contribution in [3.63, 3.8) is 0 Å². The normalized spacial score (nSPS) is 12.1. The monoisotopic (exact) mass is 362 g/mol. The summed E-state index contributed by atoms with van der Waals surface area (Å²) in [6, 6.07) is 21.8. The van der Waals surface area contributed by atoms with Crippen molar-refractivity contribution in [2.45, 2.75) is 13.8 Å². The van der Waals surface area contributed by atoms with Crippen LogP contribution in [0.1, 0.15) is 11.3 Å². The van der Waals surface area contributed by atoms with Crippen LogP contribution in [0.5, 0.6) is 0 Å². The predicted octanol–water partition coefficient (Wildman–Crippen LogP) is 5.34. The van der Waals surface area contributed by atoms with E-state index in [9.17, 15) is 0 Å². The largest absolute Gasteiger partial charge is 0.312 e. The first-order chi connectivity index (χ1) is 13.7. The Hall–Kier alpha value is -3.46. The molecule has 0 spiro atoms. The number of hydrogen-bond acceptors (Lipinski definition) is 1. The Morgan fingerprint density at radius 2 is 1.50 bits per heavy atom. The molecule has 0 N–H and O–H groups in total. The van der Waals surface area contributed by atoms with Gasteiger partial charge in [0.1, 0.15) is 5.69 Å². The van der Waals surface area contributed by atoms with Gasteiger partial charge in [-0.25, -0.2) is 4.57 Å². The summed E-state index contributed by atoms with van der Waals surface area (Å²) >= 11 is 0. The summed E-state index contributed by atoms with van der Waals surface area (Å²) in [6.45, 7) is 4.37. The second-order valence-corrected chi connectivity index (χ2v) is 7.69. The number of nitrogens with zero attached hydrogens (tertiary/aromatic N) is 3. The quantitative estimate of drug-likeness (QED) is 0.362. The minimum absolute atomic E-state index is 1.07. The van der Waals surface area contributed by atoms with E-state index in [1.165, 1.54) is 55.1 Å². The first-order valence-electron chi connectivity index (χ1n) is 9.65. The topological polar surface area (TPSA) is 21.2 Å². The molecule has 0 aliphatic heterocycles. The molecule has 28 heavy (non-hydrogen) atoms. The fourth-order valence-electron chi connectivity index (χ4n) is 4.90. The number of hydrogen-bond donors (Lipinski definition) is 0. The summed E-state index contributed by atoms with van der Waals surface area (Å²) in [7, 11) is 2.09. The van der Waals surface area contributed by atoms with E-state index >= 15 is 0 Å². The fourth-order valence-corrected chi connectivity index (χ4v) is 4.90. The average Bonchev–Trinajstić information content (AvgIpc) is 3.20. The van der Waals surface area contributed by atoms with E-state index in [-0.39, 0.29) is 0 Å². The molecule has 0 aliphatic rings. The number of aryl methyl sites for hydroxylation is 3. The van der Waals surface area contributed by atoms with E-state index in [4.69, 9.17) is 4.98 Å². The van der Waals surface area contributed by atoms with Crippen molar-refractivity contribution in [1.29, 1.82) is 0 Å². The molecular weight excluding hydrogens is 342 g/mol. The molecule has 0 aliphatic carbocycles. The molecule has 0 atom stereocenters. The fraction of sp³-hybridized carbons (Fsp3) is 0.120. The van der Waals surface area contributed by atoms with Gasteiger partial charge in [0.15, 0.2) is 5.52 Å². The molecule has 134 valence electrons. The third kappa shape index (κ3) is 1.79. The van der Waals surface area contributed by atoms with Crippen LogP contribution in [0.2, 0.25) is 0 Å². The minimum Gasteiger partial charge on any atom is -0.312 e.